The van der Waals surface area contributed by atoms with Crippen LogP contribution in [0.2, 0.25) is 0 Å². The van der Waals surface area contributed by atoms with Gasteiger partial charge in [-0.05, 0) is 37.5 Å². The fraction of sp³-hybridized carbons (Fsp3) is 0.786. The highest BCUT2D eigenvalue weighted by Crippen LogP contribution is 2.48. The van der Waals surface area contributed by atoms with Crippen molar-refractivity contribution in [3.63, 3.8) is 0 Å². The van der Waals surface area contributed by atoms with E-state index in [9.17, 15) is 0 Å². The topological polar surface area (TPSA) is 29.9 Å². The van der Waals surface area contributed by atoms with Gasteiger partial charge in [-0.25, -0.2) is 4.98 Å². The normalized spacial score (nSPS) is 21.7. The van der Waals surface area contributed by atoms with Gasteiger partial charge < -0.3 is 9.88 Å². The molecule has 2 saturated carbocycles. The summed E-state index contributed by atoms with van der Waals surface area (Å²) < 4.78 is 2.35. The molecule has 0 spiro atoms. The quantitative estimate of drug-likeness (QED) is 0.785. The molecule has 0 unspecified atom stereocenters. The number of nitrogens with one attached hydrogen (secondary N) is 1. The smallest absolute Gasteiger partial charge is 0.0951 e. The molecule has 1 N–H and O–H groups in total. The van der Waals surface area contributed by atoms with Gasteiger partial charge in [-0.2, -0.15) is 0 Å². The second-order valence-electron chi connectivity index (χ2n) is 5.88. The van der Waals surface area contributed by atoms with E-state index in [1.54, 1.807) is 0 Å². The standard InChI is InChI=1S/C14H23N3/c1-2-5-14(6-7-14)10-15-8-13-9-16-11-17(13)12-3-4-12/h9,11-12,15H,2-8,10H2,1H3. The molecule has 0 amide bonds. The Kier molecular flexibility index (Phi) is 2.95. The van der Waals surface area contributed by atoms with E-state index in [-0.39, 0.29) is 0 Å². The lowest BCUT2D eigenvalue weighted by Crippen LogP contribution is -2.24. The van der Waals surface area contributed by atoms with E-state index in [2.05, 4.69) is 21.8 Å². The zero-order chi connectivity index (χ0) is 11.7. The van der Waals surface area contributed by atoms with E-state index >= 15 is 0 Å². The summed E-state index contributed by atoms with van der Waals surface area (Å²) in [5, 5.41) is 3.64. The lowest BCUT2D eigenvalue weighted by molar-refractivity contribution is 0.417. The average Bonchev–Trinajstić information content (AvgIpc) is 3.23. The molecule has 0 bridgehead atoms. The maximum atomic E-state index is 4.27. The molecule has 1 heterocycles. The molecule has 0 saturated heterocycles. The van der Waals surface area contributed by atoms with E-state index in [0.29, 0.717) is 5.41 Å². The highest BCUT2D eigenvalue weighted by atomic mass is 15.1. The first-order chi connectivity index (χ1) is 8.33. The molecule has 0 atom stereocenters. The van der Waals surface area contributed by atoms with Crippen LogP contribution in [-0.4, -0.2) is 16.1 Å². The molecule has 0 aromatic carbocycles. The minimum Gasteiger partial charge on any atom is -0.330 e. The Morgan fingerprint density at radius 2 is 2.29 bits per heavy atom. The van der Waals surface area contributed by atoms with Crippen molar-refractivity contribution in [3.8, 4) is 0 Å². The predicted octanol–water partition coefficient (Wildman–Crippen LogP) is 2.89. The number of hydrogen-bond acceptors (Lipinski definition) is 2. The predicted molar refractivity (Wildman–Crippen MR) is 68.8 cm³/mol. The van der Waals surface area contributed by atoms with Gasteiger partial charge >= 0.3 is 0 Å². The Labute approximate surface area is 104 Å². The lowest BCUT2D eigenvalue weighted by atomic mass is 10.0. The minimum atomic E-state index is 0.652. The molecule has 1 aromatic rings. The zero-order valence-electron chi connectivity index (χ0n) is 10.8. The Bertz CT molecular complexity index is 375. The number of nitrogens with zero attached hydrogens (tertiary/aromatic N) is 2. The van der Waals surface area contributed by atoms with Crippen LogP contribution in [-0.2, 0) is 6.54 Å². The molecule has 0 radical (unpaired) electrons. The molecule has 2 aliphatic carbocycles. The van der Waals surface area contributed by atoms with Crippen LogP contribution < -0.4 is 5.32 Å². The van der Waals surface area contributed by atoms with Crippen LogP contribution in [0.15, 0.2) is 12.5 Å². The van der Waals surface area contributed by atoms with Crippen molar-refractivity contribution in [1.82, 2.24) is 14.9 Å². The molecule has 94 valence electrons. The third-order valence-corrected chi connectivity index (χ3v) is 4.23. The van der Waals surface area contributed by atoms with Crippen LogP contribution in [0.25, 0.3) is 0 Å². The Morgan fingerprint density at radius 3 is 2.94 bits per heavy atom. The molecule has 1 aromatic heterocycles. The maximum Gasteiger partial charge on any atom is 0.0951 e. The molecular weight excluding hydrogens is 210 g/mol. The van der Waals surface area contributed by atoms with Gasteiger partial charge in [0, 0.05) is 25.3 Å². The average molecular weight is 233 g/mol. The van der Waals surface area contributed by atoms with Crippen LogP contribution in [0, 0.1) is 5.41 Å². The largest absolute Gasteiger partial charge is 0.330 e. The van der Waals surface area contributed by atoms with E-state index in [1.165, 1.54) is 50.8 Å². The Hall–Kier alpha value is -0.830. The van der Waals surface area contributed by atoms with Crippen molar-refractivity contribution < 1.29 is 0 Å². The molecule has 0 aliphatic heterocycles. The summed E-state index contributed by atoms with van der Waals surface area (Å²) in [6.45, 7) is 4.47. The van der Waals surface area contributed by atoms with Crippen molar-refractivity contribution in [2.45, 2.75) is 58.0 Å². The van der Waals surface area contributed by atoms with Crippen LogP contribution in [0.4, 0.5) is 0 Å². The minimum absolute atomic E-state index is 0.652. The van der Waals surface area contributed by atoms with Crippen molar-refractivity contribution in [1.29, 1.82) is 0 Å². The first-order valence-corrected chi connectivity index (χ1v) is 7.04. The third-order valence-electron chi connectivity index (χ3n) is 4.23. The van der Waals surface area contributed by atoms with Crippen molar-refractivity contribution in [3.05, 3.63) is 18.2 Å². The summed E-state index contributed by atoms with van der Waals surface area (Å²) >= 11 is 0. The molecule has 3 heteroatoms. The molecule has 2 aliphatic rings. The summed E-state index contributed by atoms with van der Waals surface area (Å²) in [4.78, 5) is 4.27. The zero-order valence-corrected chi connectivity index (χ0v) is 10.8. The van der Waals surface area contributed by atoms with Gasteiger partial charge in [0.1, 0.15) is 0 Å². The lowest BCUT2D eigenvalue weighted by Gasteiger charge is -2.15. The Morgan fingerprint density at radius 1 is 1.47 bits per heavy atom. The fourth-order valence-electron chi connectivity index (χ4n) is 2.83. The van der Waals surface area contributed by atoms with Gasteiger partial charge in [0.05, 0.1) is 12.0 Å². The molecule has 3 rings (SSSR count). The summed E-state index contributed by atoms with van der Waals surface area (Å²) in [6.07, 6.45) is 12.2. The van der Waals surface area contributed by atoms with Gasteiger partial charge in [0.15, 0.2) is 0 Å². The van der Waals surface area contributed by atoms with Gasteiger partial charge in [0.25, 0.3) is 0 Å². The Balaban J connectivity index is 1.49. The van der Waals surface area contributed by atoms with Gasteiger partial charge in [-0.15, -0.1) is 0 Å². The van der Waals surface area contributed by atoms with Gasteiger partial charge in [0.2, 0.25) is 0 Å². The third kappa shape index (κ3) is 2.54. The monoisotopic (exact) mass is 233 g/mol. The van der Waals surface area contributed by atoms with Crippen LogP contribution in [0.3, 0.4) is 0 Å². The molecule has 3 nitrogen and oxygen atoms in total. The molecule has 2 fully saturated rings. The van der Waals surface area contributed by atoms with E-state index < -0.39 is 0 Å². The summed E-state index contributed by atoms with van der Waals surface area (Å²) in [5.41, 5.74) is 2.01. The number of imidazole rings is 1. The highest BCUT2D eigenvalue weighted by molar-refractivity contribution is 5.04. The maximum absolute atomic E-state index is 4.27. The second-order valence-corrected chi connectivity index (χ2v) is 5.88. The van der Waals surface area contributed by atoms with E-state index in [0.717, 1.165) is 12.6 Å². The highest BCUT2D eigenvalue weighted by Gasteiger charge is 2.40. The fourth-order valence-corrected chi connectivity index (χ4v) is 2.83. The second kappa shape index (κ2) is 4.45. The summed E-state index contributed by atoms with van der Waals surface area (Å²) in [5.74, 6) is 0. The molecular formula is C14H23N3. The summed E-state index contributed by atoms with van der Waals surface area (Å²) in [7, 11) is 0. The van der Waals surface area contributed by atoms with Gasteiger partial charge in [-0.3, -0.25) is 0 Å². The number of aromatic nitrogens is 2. The van der Waals surface area contributed by atoms with Crippen LogP contribution >= 0.6 is 0 Å². The van der Waals surface area contributed by atoms with Crippen molar-refractivity contribution >= 4 is 0 Å². The van der Waals surface area contributed by atoms with Crippen LogP contribution in [0.1, 0.15) is 57.2 Å². The van der Waals surface area contributed by atoms with Crippen LogP contribution in [0.5, 0.6) is 0 Å². The van der Waals surface area contributed by atoms with E-state index in [4.69, 9.17) is 0 Å². The first-order valence-electron chi connectivity index (χ1n) is 7.04. The van der Waals surface area contributed by atoms with E-state index in [1.807, 2.05) is 12.5 Å². The van der Waals surface area contributed by atoms with Gasteiger partial charge in [-0.1, -0.05) is 13.3 Å². The first kappa shape index (κ1) is 11.3. The summed E-state index contributed by atoms with van der Waals surface area (Å²) in [6, 6.07) is 0.750. The van der Waals surface area contributed by atoms with Crippen molar-refractivity contribution in [2.24, 2.45) is 5.41 Å². The number of rotatable bonds is 7. The molecule has 17 heavy (non-hydrogen) atoms. The van der Waals surface area contributed by atoms with Crippen molar-refractivity contribution in [2.75, 3.05) is 6.54 Å². The number of hydrogen-bond donors (Lipinski definition) is 1. The SMILES string of the molecule is CCCC1(CNCc2cncn2C2CC2)CC1.